The topological polar surface area (TPSA) is 46.6 Å². The molecule has 2 aromatic rings. The van der Waals surface area contributed by atoms with Crippen LogP contribution in [0.15, 0.2) is 63.7 Å². The van der Waals surface area contributed by atoms with Crippen molar-refractivity contribution in [2.24, 2.45) is 0 Å². The third-order valence-electron chi connectivity index (χ3n) is 5.77. The molecule has 176 valence electrons. The van der Waals surface area contributed by atoms with Crippen LogP contribution in [0.4, 0.5) is 5.69 Å². The Morgan fingerprint density at radius 1 is 1.00 bits per heavy atom. The van der Waals surface area contributed by atoms with E-state index in [0.717, 1.165) is 38.0 Å². The Morgan fingerprint density at radius 2 is 1.68 bits per heavy atom. The number of para-hydroxylation sites is 1. The van der Waals surface area contributed by atoms with E-state index in [-0.39, 0.29) is 11.9 Å². The van der Waals surface area contributed by atoms with Gasteiger partial charge in [-0.15, -0.1) is 0 Å². The number of rotatable bonds is 5. The van der Waals surface area contributed by atoms with Crippen molar-refractivity contribution in [1.29, 1.82) is 0 Å². The van der Waals surface area contributed by atoms with Gasteiger partial charge in [0.15, 0.2) is 0 Å². The molecule has 4 nitrogen and oxygen atoms in total. The molecule has 2 aliphatic rings. The van der Waals surface area contributed by atoms with E-state index in [1.54, 1.807) is 11.8 Å². The smallest absolute Gasteiger partial charge is 0.346 e. The van der Waals surface area contributed by atoms with Gasteiger partial charge in [-0.05, 0) is 38.8 Å². The number of carbonyl (C=O) groups excluding carboxylic acids is 2. The average molecular weight is 510 g/mol. The molecule has 2 heterocycles. The first-order valence-electron chi connectivity index (χ1n) is 11.3. The first kappa shape index (κ1) is 24.8. The standard InChI is InChI=1S/C27H27NO3S3/c1-5-12-20(29)28-19-16-11-10-15-18(19)21(24(32)27(28,3)4)26-33-22(17-13-8-7-9-14-17)23(34-26)25(30)31-6-2/h7-11,13-16H,5-6,12H2,1-4H3/b26-21-. The van der Waals surface area contributed by atoms with E-state index in [4.69, 9.17) is 17.0 Å². The number of amides is 1. The second kappa shape index (κ2) is 10.1. The fourth-order valence-electron chi connectivity index (χ4n) is 4.20. The minimum Gasteiger partial charge on any atom is -0.462 e. The van der Waals surface area contributed by atoms with E-state index in [1.165, 1.54) is 11.8 Å². The second-order valence-corrected chi connectivity index (χ2v) is 11.2. The Morgan fingerprint density at radius 3 is 2.35 bits per heavy atom. The SMILES string of the molecule is CCCC(=O)N1c2ccccc2/C(=C2/SC(C(=O)OCC)=C(c3ccccc3)S2)C(=S)C1(C)C. The number of hydrogen-bond donors (Lipinski definition) is 0. The van der Waals surface area contributed by atoms with Crippen molar-refractivity contribution in [3.63, 3.8) is 0 Å². The predicted molar refractivity (Wildman–Crippen MR) is 148 cm³/mol. The van der Waals surface area contributed by atoms with Crippen LogP contribution in [-0.4, -0.2) is 28.9 Å². The Balaban J connectivity index is 1.88. The summed E-state index contributed by atoms with van der Waals surface area (Å²) in [5.74, 6) is -0.267. The maximum atomic E-state index is 13.2. The number of thioether (sulfide) groups is 2. The summed E-state index contributed by atoms with van der Waals surface area (Å²) in [6.45, 7) is 8.13. The molecule has 0 unspecified atom stereocenters. The number of benzene rings is 2. The van der Waals surface area contributed by atoms with Crippen LogP contribution in [0.5, 0.6) is 0 Å². The van der Waals surface area contributed by atoms with Crippen LogP contribution < -0.4 is 4.90 Å². The summed E-state index contributed by atoms with van der Waals surface area (Å²) in [4.78, 5) is 30.1. The van der Waals surface area contributed by atoms with Gasteiger partial charge in [-0.25, -0.2) is 4.79 Å². The highest BCUT2D eigenvalue weighted by Gasteiger charge is 2.45. The molecule has 7 heteroatoms. The van der Waals surface area contributed by atoms with Gasteiger partial charge in [0.25, 0.3) is 0 Å². The zero-order valence-electron chi connectivity index (χ0n) is 19.7. The van der Waals surface area contributed by atoms with Crippen molar-refractivity contribution < 1.29 is 14.3 Å². The molecule has 0 aromatic heterocycles. The summed E-state index contributed by atoms with van der Waals surface area (Å²) in [7, 11) is 0. The molecule has 0 atom stereocenters. The van der Waals surface area contributed by atoms with Crippen LogP contribution in [0.25, 0.3) is 10.5 Å². The van der Waals surface area contributed by atoms with Crippen molar-refractivity contribution in [3.05, 3.63) is 74.9 Å². The van der Waals surface area contributed by atoms with E-state index in [2.05, 4.69) is 0 Å². The first-order chi connectivity index (χ1) is 16.3. The lowest BCUT2D eigenvalue weighted by atomic mass is 9.83. The molecular weight excluding hydrogens is 483 g/mol. The third kappa shape index (κ3) is 4.37. The van der Waals surface area contributed by atoms with Gasteiger partial charge in [0.05, 0.1) is 26.9 Å². The van der Waals surface area contributed by atoms with Gasteiger partial charge >= 0.3 is 5.97 Å². The first-order valence-corrected chi connectivity index (χ1v) is 13.4. The maximum Gasteiger partial charge on any atom is 0.346 e. The lowest BCUT2D eigenvalue weighted by Gasteiger charge is -2.45. The second-order valence-electron chi connectivity index (χ2n) is 8.50. The third-order valence-corrected chi connectivity index (χ3v) is 9.10. The molecule has 0 aliphatic carbocycles. The monoisotopic (exact) mass is 509 g/mol. The van der Waals surface area contributed by atoms with Gasteiger partial charge in [0, 0.05) is 22.5 Å². The maximum absolute atomic E-state index is 13.2. The number of esters is 1. The predicted octanol–water partition coefficient (Wildman–Crippen LogP) is 7.06. The molecule has 0 N–H and O–H groups in total. The van der Waals surface area contributed by atoms with Gasteiger partial charge in [0.1, 0.15) is 4.91 Å². The van der Waals surface area contributed by atoms with Gasteiger partial charge in [-0.2, -0.15) is 0 Å². The van der Waals surface area contributed by atoms with Gasteiger partial charge in [0.2, 0.25) is 5.91 Å². The summed E-state index contributed by atoms with van der Waals surface area (Å²) < 4.78 is 6.33. The molecule has 1 amide bonds. The zero-order valence-corrected chi connectivity index (χ0v) is 22.2. The van der Waals surface area contributed by atoms with E-state index < -0.39 is 5.54 Å². The normalized spacial score (nSPS) is 19.3. The van der Waals surface area contributed by atoms with E-state index in [1.807, 2.05) is 87.2 Å². The highest BCUT2D eigenvalue weighted by Crippen LogP contribution is 2.58. The quantitative estimate of drug-likeness (QED) is 0.244. The Labute approximate surface area is 214 Å². The van der Waals surface area contributed by atoms with Crippen molar-refractivity contribution in [2.75, 3.05) is 11.5 Å². The molecule has 0 bridgehead atoms. The van der Waals surface area contributed by atoms with E-state index in [9.17, 15) is 9.59 Å². The van der Waals surface area contributed by atoms with Crippen molar-refractivity contribution in [2.45, 2.75) is 46.1 Å². The number of anilines is 1. The van der Waals surface area contributed by atoms with Gasteiger partial charge in [-0.3, -0.25) is 4.79 Å². The minimum absolute atomic E-state index is 0.0633. The molecule has 4 rings (SSSR count). The number of ether oxygens (including phenoxy) is 1. The van der Waals surface area contributed by atoms with Crippen molar-refractivity contribution >= 4 is 68.6 Å². The van der Waals surface area contributed by atoms with E-state index in [0.29, 0.717) is 22.8 Å². The van der Waals surface area contributed by atoms with Gasteiger partial charge < -0.3 is 9.64 Å². The Hall–Kier alpha value is -2.35. The van der Waals surface area contributed by atoms with Crippen LogP contribution in [-0.2, 0) is 14.3 Å². The Bertz CT molecular complexity index is 1210. The lowest BCUT2D eigenvalue weighted by molar-refractivity contribution is -0.137. The molecular formula is C27H27NO3S3. The largest absolute Gasteiger partial charge is 0.462 e. The van der Waals surface area contributed by atoms with Crippen LogP contribution in [0.1, 0.15) is 51.7 Å². The molecule has 0 spiro atoms. The average Bonchev–Trinajstić information content (AvgIpc) is 3.26. The zero-order chi connectivity index (χ0) is 24.5. The summed E-state index contributed by atoms with van der Waals surface area (Å²) in [5, 5.41) is 0. The fourth-order valence-corrected chi connectivity index (χ4v) is 7.33. The number of fused-ring (bicyclic) bond motifs is 1. The number of hydrogen-bond acceptors (Lipinski definition) is 6. The molecule has 0 radical (unpaired) electrons. The number of carbonyl (C=O) groups is 2. The Kier molecular flexibility index (Phi) is 7.36. The molecule has 2 aromatic carbocycles. The summed E-state index contributed by atoms with van der Waals surface area (Å²) in [6.07, 6.45) is 1.23. The minimum atomic E-state index is -0.682. The highest BCUT2D eigenvalue weighted by molar-refractivity contribution is 8.32. The summed E-state index contributed by atoms with van der Waals surface area (Å²) >= 11 is 9.02. The van der Waals surface area contributed by atoms with Crippen molar-refractivity contribution in [1.82, 2.24) is 0 Å². The van der Waals surface area contributed by atoms with Gasteiger partial charge in [-0.1, -0.05) is 91.2 Å². The number of thiocarbonyl (C=S) groups is 1. The van der Waals surface area contributed by atoms with Crippen LogP contribution >= 0.6 is 35.7 Å². The van der Waals surface area contributed by atoms with Crippen LogP contribution in [0, 0.1) is 0 Å². The fraction of sp³-hybridized carbons (Fsp3) is 0.296. The summed E-state index contributed by atoms with van der Waals surface area (Å²) in [5.41, 5.74) is 2.98. The number of nitrogens with zero attached hydrogens (tertiary/aromatic N) is 1. The summed E-state index contributed by atoms with van der Waals surface area (Å²) in [6, 6.07) is 17.8. The van der Waals surface area contributed by atoms with Crippen molar-refractivity contribution in [3.8, 4) is 0 Å². The highest BCUT2D eigenvalue weighted by atomic mass is 32.2. The molecule has 0 fully saturated rings. The molecule has 0 saturated carbocycles. The van der Waals surface area contributed by atoms with E-state index >= 15 is 0 Å². The lowest BCUT2D eigenvalue weighted by Crippen LogP contribution is -2.55. The molecule has 2 aliphatic heterocycles. The van der Waals surface area contributed by atoms with Crippen LogP contribution in [0.3, 0.4) is 0 Å². The molecule has 0 saturated heterocycles. The molecule has 34 heavy (non-hydrogen) atoms. The van der Waals surface area contributed by atoms with Crippen LogP contribution in [0.2, 0.25) is 0 Å².